The summed E-state index contributed by atoms with van der Waals surface area (Å²) in [6.45, 7) is 4.56. The van der Waals surface area contributed by atoms with Gasteiger partial charge in [0.25, 0.3) is 0 Å². The average molecular weight is 234 g/mol. The predicted molar refractivity (Wildman–Crippen MR) is 63.3 cm³/mol. The molecule has 0 amide bonds. The fourth-order valence-corrected chi connectivity index (χ4v) is 1.60. The molecule has 2 aromatic rings. The van der Waals surface area contributed by atoms with Gasteiger partial charge in [-0.3, -0.25) is 0 Å². The molecule has 3 nitrogen and oxygen atoms in total. The van der Waals surface area contributed by atoms with Crippen LogP contribution in [-0.2, 0) is 6.61 Å². The number of rotatable bonds is 4. The monoisotopic (exact) mass is 234 g/mol. The third-order valence-electron chi connectivity index (χ3n) is 2.49. The van der Waals surface area contributed by atoms with Gasteiger partial charge in [0.15, 0.2) is 0 Å². The third kappa shape index (κ3) is 2.84. The highest BCUT2D eigenvalue weighted by molar-refractivity contribution is 5.22. The summed E-state index contributed by atoms with van der Waals surface area (Å²) in [4.78, 5) is 4.23. The Morgan fingerprint density at radius 3 is 2.65 bits per heavy atom. The second-order valence-electron chi connectivity index (χ2n) is 4.09. The molecule has 0 fully saturated rings. The Morgan fingerprint density at radius 1 is 1.29 bits per heavy atom. The van der Waals surface area contributed by atoms with Gasteiger partial charge in [-0.15, -0.1) is 0 Å². The summed E-state index contributed by atoms with van der Waals surface area (Å²) in [6, 6.07) is 6.33. The molecule has 0 aliphatic rings. The van der Waals surface area contributed by atoms with Gasteiger partial charge in [-0.25, -0.2) is 9.37 Å². The van der Waals surface area contributed by atoms with E-state index in [-0.39, 0.29) is 5.82 Å². The molecule has 1 heterocycles. The van der Waals surface area contributed by atoms with E-state index in [1.807, 2.05) is 10.8 Å². The van der Waals surface area contributed by atoms with Gasteiger partial charge in [-0.1, -0.05) is 0 Å². The van der Waals surface area contributed by atoms with Crippen LogP contribution in [0.2, 0.25) is 0 Å². The van der Waals surface area contributed by atoms with Gasteiger partial charge in [0, 0.05) is 18.4 Å². The lowest BCUT2D eigenvalue weighted by Gasteiger charge is -2.12. The summed E-state index contributed by atoms with van der Waals surface area (Å²) in [5.74, 6) is 1.25. The number of imidazole rings is 1. The van der Waals surface area contributed by atoms with Crippen LogP contribution in [0.25, 0.3) is 0 Å². The maximum Gasteiger partial charge on any atom is 0.146 e. The van der Waals surface area contributed by atoms with Crippen molar-refractivity contribution in [3.05, 3.63) is 48.3 Å². The smallest absolute Gasteiger partial charge is 0.146 e. The number of nitrogens with zero attached hydrogens (tertiary/aromatic N) is 2. The summed E-state index contributed by atoms with van der Waals surface area (Å²) in [5, 5.41) is 0. The zero-order valence-corrected chi connectivity index (χ0v) is 9.93. The molecule has 0 unspecified atom stereocenters. The van der Waals surface area contributed by atoms with E-state index in [0.717, 1.165) is 5.82 Å². The lowest BCUT2D eigenvalue weighted by atomic mass is 10.3. The highest BCUT2D eigenvalue weighted by Gasteiger charge is 2.06. The van der Waals surface area contributed by atoms with Gasteiger partial charge < -0.3 is 9.30 Å². The largest absolute Gasteiger partial charge is 0.486 e. The van der Waals surface area contributed by atoms with Crippen LogP contribution in [-0.4, -0.2) is 9.55 Å². The molecule has 0 saturated heterocycles. The number of halogens is 1. The van der Waals surface area contributed by atoms with Crippen molar-refractivity contribution >= 4 is 0 Å². The quantitative estimate of drug-likeness (QED) is 0.812. The topological polar surface area (TPSA) is 27.1 Å². The minimum atomic E-state index is -0.263. The van der Waals surface area contributed by atoms with Crippen molar-refractivity contribution in [2.75, 3.05) is 0 Å². The number of hydrogen-bond donors (Lipinski definition) is 0. The first-order valence-corrected chi connectivity index (χ1v) is 5.57. The minimum absolute atomic E-state index is 0.263. The molecule has 0 aliphatic heterocycles. The first-order chi connectivity index (χ1) is 8.16. The lowest BCUT2D eigenvalue weighted by Crippen LogP contribution is -2.08. The zero-order valence-electron chi connectivity index (χ0n) is 9.93. The van der Waals surface area contributed by atoms with E-state index in [2.05, 4.69) is 18.8 Å². The average Bonchev–Trinajstić information content (AvgIpc) is 2.76. The molecule has 0 atom stereocenters. The van der Waals surface area contributed by atoms with Crippen molar-refractivity contribution in [1.29, 1.82) is 0 Å². The second kappa shape index (κ2) is 4.99. The van der Waals surface area contributed by atoms with Crippen LogP contribution in [0.1, 0.15) is 25.7 Å². The Balaban J connectivity index is 2.02. The molecule has 1 aromatic carbocycles. The minimum Gasteiger partial charge on any atom is -0.486 e. The summed E-state index contributed by atoms with van der Waals surface area (Å²) in [5.41, 5.74) is 0. The Kier molecular flexibility index (Phi) is 3.42. The molecule has 0 saturated carbocycles. The van der Waals surface area contributed by atoms with Crippen molar-refractivity contribution in [3.63, 3.8) is 0 Å². The van der Waals surface area contributed by atoms with Crippen LogP contribution in [0.3, 0.4) is 0 Å². The molecule has 4 heteroatoms. The zero-order chi connectivity index (χ0) is 12.3. The second-order valence-corrected chi connectivity index (χ2v) is 4.09. The number of hydrogen-bond acceptors (Lipinski definition) is 2. The van der Waals surface area contributed by atoms with Crippen molar-refractivity contribution in [1.82, 2.24) is 9.55 Å². The molecule has 0 N–H and O–H groups in total. The summed E-state index contributed by atoms with van der Waals surface area (Å²) in [6.07, 6.45) is 3.68. The fourth-order valence-electron chi connectivity index (χ4n) is 1.60. The predicted octanol–water partition coefficient (Wildman–Crippen LogP) is 3.18. The van der Waals surface area contributed by atoms with Gasteiger partial charge in [-0.2, -0.15) is 0 Å². The number of benzene rings is 1. The van der Waals surface area contributed by atoms with Crippen LogP contribution in [0.15, 0.2) is 36.7 Å². The number of aromatic nitrogens is 2. The first kappa shape index (κ1) is 11.6. The Morgan fingerprint density at radius 2 is 2.00 bits per heavy atom. The van der Waals surface area contributed by atoms with E-state index in [9.17, 15) is 4.39 Å². The summed E-state index contributed by atoms with van der Waals surface area (Å²) in [7, 11) is 0. The Labute approximate surface area is 99.9 Å². The van der Waals surface area contributed by atoms with Gasteiger partial charge in [0.2, 0.25) is 0 Å². The van der Waals surface area contributed by atoms with Crippen LogP contribution in [0.4, 0.5) is 4.39 Å². The molecule has 0 aliphatic carbocycles. The molecule has 0 radical (unpaired) electrons. The SMILES string of the molecule is CC(C)n1ccnc1COc1ccc(F)cc1. The molecule has 1 aromatic heterocycles. The Bertz CT molecular complexity index is 476. The van der Waals surface area contributed by atoms with Gasteiger partial charge in [0.1, 0.15) is 24.0 Å². The molecular weight excluding hydrogens is 219 g/mol. The molecule has 90 valence electrons. The maximum atomic E-state index is 12.7. The molecule has 2 rings (SSSR count). The fraction of sp³-hybridized carbons (Fsp3) is 0.308. The normalized spacial score (nSPS) is 10.8. The van der Waals surface area contributed by atoms with E-state index in [1.165, 1.54) is 12.1 Å². The van der Waals surface area contributed by atoms with E-state index >= 15 is 0 Å². The molecule has 0 bridgehead atoms. The van der Waals surface area contributed by atoms with Crippen molar-refractivity contribution in [2.45, 2.75) is 26.5 Å². The Hall–Kier alpha value is -1.84. The number of ether oxygens (including phenoxy) is 1. The van der Waals surface area contributed by atoms with Crippen LogP contribution in [0, 0.1) is 5.82 Å². The van der Waals surface area contributed by atoms with Crippen molar-refractivity contribution in [2.24, 2.45) is 0 Å². The van der Waals surface area contributed by atoms with E-state index < -0.39 is 0 Å². The summed E-state index contributed by atoms with van der Waals surface area (Å²) < 4.78 is 20.3. The van der Waals surface area contributed by atoms with Crippen LogP contribution < -0.4 is 4.74 Å². The molecule has 17 heavy (non-hydrogen) atoms. The van der Waals surface area contributed by atoms with Crippen LogP contribution >= 0.6 is 0 Å². The van der Waals surface area contributed by atoms with Crippen molar-refractivity contribution in [3.8, 4) is 5.75 Å². The highest BCUT2D eigenvalue weighted by Crippen LogP contribution is 2.14. The van der Waals surface area contributed by atoms with Gasteiger partial charge >= 0.3 is 0 Å². The first-order valence-electron chi connectivity index (χ1n) is 5.57. The summed E-state index contributed by atoms with van der Waals surface area (Å²) >= 11 is 0. The van der Waals surface area contributed by atoms with Crippen LogP contribution in [0.5, 0.6) is 5.75 Å². The standard InChI is InChI=1S/C13H15FN2O/c1-10(2)16-8-7-15-13(16)9-17-12-5-3-11(14)4-6-12/h3-8,10H,9H2,1-2H3. The highest BCUT2D eigenvalue weighted by atomic mass is 19.1. The van der Waals surface area contributed by atoms with Gasteiger partial charge in [-0.05, 0) is 38.1 Å². The van der Waals surface area contributed by atoms with Gasteiger partial charge in [0.05, 0.1) is 0 Å². The van der Waals surface area contributed by atoms with E-state index in [4.69, 9.17) is 4.74 Å². The molecular formula is C13H15FN2O. The van der Waals surface area contributed by atoms with Crippen molar-refractivity contribution < 1.29 is 9.13 Å². The van der Waals surface area contributed by atoms with E-state index in [0.29, 0.717) is 18.4 Å². The maximum absolute atomic E-state index is 12.7. The van der Waals surface area contributed by atoms with E-state index in [1.54, 1.807) is 18.3 Å². The third-order valence-corrected chi connectivity index (χ3v) is 2.49. The molecule has 0 spiro atoms. The lowest BCUT2D eigenvalue weighted by molar-refractivity contribution is 0.286.